The van der Waals surface area contributed by atoms with Crippen molar-refractivity contribution >= 4 is 15.7 Å². The summed E-state index contributed by atoms with van der Waals surface area (Å²) in [5.41, 5.74) is 1.84. The Morgan fingerprint density at radius 3 is 2.64 bits per heavy atom. The fraction of sp³-hybridized carbons (Fsp3) is 0.368. The lowest BCUT2D eigenvalue weighted by molar-refractivity contribution is 0.542. The molecule has 0 bridgehead atoms. The highest BCUT2D eigenvalue weighted by Gasteiger charge is 2.26. The van der Waals surface area contributed by atoms with Gasteiger partial charge in [-0.05, 0) is 36.0 Å². The number of aromatic nitrogens is 5. The number of hydrogen-bond donors (Lipinski definition) is 1. The van der Waals surface area contributed by atoms with Crippen LogP contribution < -0.4 is 5.32 Å². The van der Waals surface area contributed by atoms with E-state index in [1.807, 2.05) is 18.2 Å². The van der Waals surface area contributed by atoms with E-state index in [-0.39, 0.29) is 17.7 Å². The number of nitrogens with one attached hydrogen (secondary N) is 1. The summed E-state index contributed by atoms with van der Waals surface area (Å²) in [6.07, 6.45) is 6.11. The molecule has 0 spiro atoms. The van der Waals surface area contributed by atoms with Crippen LogP contribution in [-0.2, 0) is 16.3 Å². The molecular weight excluding hydrogens is 376 g/mol. The van der Waals surface area contributed by atoms with E-state index in [0.29, 0.717) is 23.0 Å². The Kier molecular flexibility index (Phi) is 4.84. The number of benzene rings is 1. The summed E-state index contributed by atoms with van der Waals surface area (Å²) in [6.45, 7) is 4.17. The summed E-state index contributed by atoms with van der Waals surface area (Å²) in [7, 11) is -3.21. The summed E-state index contributed by atoms with van der Waals surface area (Å²) in [5, 5.41) is 11.6. The first-order valence-corrected chi connectivity index (χ1v) is 10.9. The molecule has 0 saturated carbocycles. The molecule has 1 aromatic carbocycles. The molecule has 9 heteroatoms. The second-order valence-corrected chi connectivity index (χ2v) is 9.31. The Bertz CT molecular complexity index is 1080. The van der Waals surface area contributed by atoms with Crippen LogP contribution in [0.5, 0.6) is 0 Å². The van der Waals surface area contributed by atoms with Gasteiger partial charge in [-0.25, -0.2) is 18.4 Å². The van der Waals surface area contributed by atoms with E-state index in [1.165, 1.54) is 11.1 Å². The maximum absolute atomic E-state index is 12.5. The van der Waals surface area contributed by atoms with Gasteiger partial charge in [0.25, 0.3) is 0 Å². The smallest absolute Gasteiger partial charge is 0.179 e. The van der Waals surface area contributed by atoms with Crippen LogP contribution in [0.25, 0.3) is 5.82 Å². The van der Waals surface area contributed by atoms with E-state index in [1.54, 1.807) is 18.5 Å². The molecule has 3 aromatic rings. The Morgan fingerprint density at radius 1 is 1.11 bits per heavy atom. The molecule has 0 radical (unpaired) electrons. The molecule has 1 N–H and O–H groups in total. The van der Waals surface area contributed by atoms with Crippen molar-refractivity contribution in [3.8, 4) is 5.82 Å². The van der Waals surface area contributed by atoms with Crippen molar-refractivity contribution in [2.45, 2.75) is 37.6 Å². The van der Waals surface area contributed by atoms with Crippen molar-refractivity contribution < 1.29 is 8.42 Å². The molecule has 0 fully saturated rings. The third-order valence-corrected chi connectivity index (χ3v) is 6.77. The van der Waals surface area contributed by atoms with Gasteiger partial charge in [0.1, 0.15) is 12.1 Å². The number of sulfone groups is 1. The molecule has 28 heavy (non-hydrogen) atoms. The molecule has 0 saturated heterocycles. The maximum atomic E-state index is 12.5. The molecule has 8 nitrogen and oxygen atoms in total. The van der Waals surface area contributed by atoms with Gasteiger partial charge >= 0.3 is 0 Å². The van der Waals surface area contributed by atoms with Gasteiger partial charge < -0.3 is 5.32 Å². The summed E-state index contributed by atoms with van der Waals surface area (Å²) in [6, 6.07) is 7.44. The highest BCUT2D eigenvalue weighted by Crippen LogP contribution is 2.32. The van der Waals surface area contributed by atoms with Crippen molar-refractivity contribution in [2.75, 3.05) is 11.1 Å². The molecule has 146 valence electrons. The summed E-state index contributed by atoms with van der Waals surface area (Å²) >= 11 is 0. The average molecular weight is 398 g/mol. The largest absolute Gasteiger partial charge is 0.363 e. The van der Waals surface area contributed by atoms with Crippen LogP contribution in [0.4, 0.5) is 5.82 Å². The third kappa shape index (κ3) is 3.62. The molecular formula is C19H22N6O2S. The molecule has 4 rings (SSSR count). The second-order valence-electron chi connectivity index (χ2n) is 7.24. The number of hydrogen-bond acceptors (Lipinski definition) is 7. The Hall–Kier alpha value is -2.81. The number of nitrogens with zero attached hydrogens (tertiary/aromatic N) is 5. The normalized spacial score (nSPS) is 16.5. The summed E-state index contributed by atoms with van der Waals surface area (Å²) in [5.74, 6) is 1.61. The molecule has 0 aliphatic carbocycles. The minimum absolute atomic E-state index is 0.101. The Labute approximate surface area is 164 Å². The minimum Gasteiger partial charge on any atom is -0.363 e. The highest BCUT2D eigenvalue weighted by molar-refractivity contribution is 7.91. The number of rotatable bonds is 5. The number of aryl methyl sites for hydroxylation is 1. The van der Waals surface area contributed by atoms with E-state index in [0.717, 1.165) is 17.5 Å². The maximum Gasteiger partial charge on any atom is 0.179 e. The van der Waals surface area contributed by atoms with Crippen LogP contribution in [0.1, 0.15) is 37.4 Å². The van der Waals surface area contributed by atoms with Crippen LogP contribution in [0, 0.1) is 5.92 Å². The van der Waals surface area contributed by atoms with Crippen LogP contribution >= 0.6 is 0 Å². The predicted molar refractivity (Wildman–Crippen MR) is 105 cm³/mol. The number of fused-ring (bicyclic) bond motifs is 1. The topological polar surface area (TPSA) is 103 Å². The summed E-state index contributed by atoms with van der Waals surface area (Å²) < 4.78 is 25.0. The summed E-state index contributed by atoms with van der Waals surface area (Å²) in [4.78, 5) is 10.4. The first-order valence-electron chi connectivity index (χ1n) is 9.25. The van der Waals surface area contributed by atoms with Crippen LogP contribution in [-0.4, -0.2) is 39.1 Å². The van der Waals surface area contributed by atoms with Gasteiger partial charge in [0.2, 0.25) is 0 Å². The minimum atomic E-state index is -3.21. The fourth-order valence-corrected chi connectivity index (χ4v) is 5.12. The Balaban J connectivity index is 1.67. The van der Waals surface area contributed by atoms with Gasteiger partial charge in [0.15, 0.2) is 15.7 Å². The Morgan fingerprint density at radius 2 is 1.89 bits per heavy atom. The van der Waals surface area contributed by atoms with Crippen LogP contribution in [0.2, 0.25) is 0 Å². The molecule has 0 unspecified atom stereocenters. The van der Waals surface area contributed by atoms with Crippen molar-refractivity contribution in [1.29, 1.82) is 0 Å². The lowest BCUT2D eigenvalue weighted by Gasteiger charge is -2.25. The molecule has 3 heterocycles. The van der Waals surface area contributed by atoms with Crippen molar-refractivity contribution in [2.24, 2.45) is 5.92 Å². The van der Waals surface area contributed by atoms with Gasteiger partial charge in [-0.1, -0.05) is 26.0 Å². The van der Waals surface area contributed by atoms with E-state index in [4.69, 9.17) is 0 Å². The van der Waals surface area contributed by atoms with E-state index in [9.17, 15) is 8.42 Å². The van der Waals surface area contributed by atoms with Crippen LogP contribution in [0.15, 0.2) is 47.9 Å². The quantitative estimate of drug-likeness (QED) is 0.704. The average Bonchev–Trinajstić information content (AvgIpc) is 3.21. The van der Waals surface area contributed by atoms with Crippen molar-refractivity contribution in [3.05, 3.63) is 54.1 Å². The second kappa shape index (κ2) is 7.31. The SMILES string of the molecule is CC(C)[C@@H](Nc1cc(-n2nccn2)ncn1)c1ccc2c(c1)S(=O)(=O)CCC2. The zero-order valence-electron chi connectivity index (χ0n) is 15.8. The van der Waals surface area contributed by atoms with Crippen molar-refractivity contribution in [1.82, 2.24) is 25.0 Å². The van der Waals surface area contributed by atoms with Gasteiger partial charge in [-0.2, -0.15) is 10.2 Å². The van der Waals surface area contributed by atoms with Crippen molar-refractivity contribution in [3.63, 3.8) is 0 Å². The zero-order chi connectivity index (χ0) is 19.7. The fourth-order valence-electron chi connectivity index (χ4n) is 3.49. The lowest BCUT2D eigenvalue weighted by Crippen LogP contribution is -2.21. The molecule has 0 amide bonds. The standard InChI is InChI=1S/C19H22N6O2S/c1-13(2)19(15-6-5-14-4-3-9-28(26,27)16(14)10-15)24-17-11-18(21-12-20-17)25-22-7-8-23-25/h5-8,10-13,19H,3-4,9H2,1-2H3,(H,20,21,24)/t19-/m1/s1. The van der Waals surface area contributed by atoms with Gasteiger partial charge in [-0.15, -0.1) is 4.80 Å². The van der Waals surface area contributed by atoms with E-state index in [2.05, 4.69) is 39.3 Å². The third-order valence-electron chi connectivity index (χ3n) is 4.89. The van der Waals surface area contributed by atoms with E-state index >= 15 is 0 Å². The van der Waals surface area contributed by atoms with Gasteiger partial charge in [0.05, 0.1) is 29.1 Å². The highest BCUT2D eigenvalue weighted by atomic mass is 32.2. The first kappa shape index (κ1) is 18.5. The predicted octanol–water partition coefficient (Wildman–Crippen LogP) is 2.59. The molecule has 1 aliphatic heterocycles. The monoisotopic (exact) mass is 398 g/mol. The van der Waals surface area contributed by atoms with Gasteiger partial charge in [0, 0.05) is 6.07 Å². The molecule has 2 aromatic heterocycles. The van der Waals surface area contributed by atoms with Crippen LogP contribution in [0.3, 0.4) is 0 Å². The van der Waals surface area contributed by atoms with Gasteiger partial charge in [-0.3, -0.25) is 0 Å². The zero-order valence-corrected chi connectivity index (χ0v) is 16.6. The van der Waals surface area contributed by atoms with E-state index < -0.39 is 9.84 Å². The lowest BCUT2D eigenvalue weighted by atomic mass is 9.94. The molecule has 1 aliphatic rings. The molecule has 1 atom stereocenters. The first-order chi connectivity index (χ1) is 13.4. The number of anilines is 1.